The molecular weight excluding hydrogens is 396 g/mol. The number of nitrogens with one attached hydrogen (secondary N) is 1. The van der Waals surface area contributed by atoms with Crippen molar-refractivity contribution in [3.63, 3.8) is 0 Å². The van der Waals surface area contributed by atoms with Crippen molar-refractivity contribution >= 4 is 11.5 Å². The molecule has 1 amide bonds. The smallest absolute Gasteiger partial charge is 0.223 e. The molecule has 4 nitrogen and oxygen atoms in total. The SMILES string of the molecule is COc1ccccc1C1=CCN(C[C@@H](Cc2ccccc2)NC(=O)C2CCCCC2)CC1. The highest BCUT2D eigenvalue weighted by molar-refractivity contribution is 5.79. The summed E-state index contributed by atoms with van der Waals surface area (Å²) in [6.45, 7) is 2.77. The lowest BCUT2D eigenvalue weighted by Crippen LogP contribution is -2.48. The van der Waals surface area contributed by atoms with Crippen LogP contribution in [0.4, 0.5) is 0 Å². The second-order valence-electron chi connectivity index (χ2n) is 9.17. The topological polar surface area (TPSA) is 41.6 Å². The molecule has 1 fully saturated rings. The number of carbonyl (C=O) groups excluding carboxylic acids is 1. The highest BCUT2D eigenvalue weighted by Crippen LogP contribution is 2.30. The summed E-state index contributed by atoms with van der Waals surface area (Å²) in [5, 5.41) is 3.42. The number of nitrogens with zero attached hydrogens (tertiary/aromatic N) is 1. The Morgan fingerprint density at radius 1 is 1.06 bits per heavy atom. The van der Waals surface area contributed by atoms with E-state index in [1.54, 1.807) is 7.11 Å². The van der Waals surface area contributed by atoms with Gasteiger partial charge < -0.3 is 10.1 Å². The summed E-state index contributed by atoms with van der Waals surface area (Å²) < 4.78 is 5.56. The molecule has 170 valence electrons. The number of benzene rings is 2. The highest BCUT2D eigenvalue weighted by atomic mass is 16.5. The van der Waals surface area contributed by atoms with Gasteiger partial charge in [0, 0.05) is 37.2 Å². The van der Waals surface area contributed by atoms with Gasteiger partial charge in [0.2, 0.25) is 5.91 Å². The molecule has 32 heavy (non-hydrogen) atoms. The van der Waals surface area contributed by atoms with Gasteiger partial charge in [0.05, 0.1) is 7.11 Å². The van der Waals surface area contributed by atoms with Crippen LogP contribution in [0.3, 0.4) is 0 Å². The summed E-state index contributed by atoms with van der Waals surface area (Å²) >= 11 is 0. The van der Waals surface area contributed by atoms with E-state index in [1.807, 2.05) is 18.2 Å². The quantitative estimate of drug-likeness (QED) is 0.632. The minimum absolute atomic E-state index is 0.132. The average Bonchev–Trinajstić information content (AvgIpc) is 2.85. The maximum Gasteiger partial charge on any atom is 0.223 e. The first-order valence-corrected chi connectivity index (χ1v) is 12.1. The Kier molecular flexibility index (Phi) is 8.00. The second-order valence-corrected chi connectivity index (χ2v) is 9.17. The van der Waals surface area contributed by atoms with E-state index in [9.17, 15) is 4.79 Å². The molecule has 0 aromatic heterocycles. The fourth-order valence-electron chi connectivity index (χ4n) is 5.09. The fraction of sp³-hybridized carbons (Fsp3) is 0.464. The monoisotopic (exact) mass is 432 g/mol. The second kappa shape index (κ2) is 11.3. The van der Waals surface area contributed by atoms with Crippen LogP contribution in [0.25, 0.3) is 5.57 Å². The standard InChI is InChI=1S/C28H36N2O2/c1-32-27-15-9-8-14-26(27)23-16-18-30(19-17-23)21-25(20-22-10-4-2-5-11-22)29-28(31)24-12-6-3-7-13-24/h2,4-5,8-11,14-16,24-25H,3,6-7,12-13,17-21H2,1H3,(H,29,31)/t25-/m1/s1. The molecule has 1 aliphatic carbocycles. The summed E-state index contributed by atoms with van der Waals surface area (Å²) in [6, 6.07) is 18.9. The third-order valence-electron chi connectivity index (χ3n) is 6.87. The van der Waals surface area contributed by atoms with Crippen LogP contribution in [-0.4, -0.2) is 43.6 Å². The molecule has 2 aliphatic rings. The lowest BCUT2D eigenvalue weighted by atomic mass is 9.88. The summed E-state index contributed by atoms with van der Waals surface area (Å²) in [5.74, 6) is 1.39. The predicted molar refractivity (Wildman–Crippen MR) is 131 cm³/mol. The molecule has 0 saturated heterocycles. The molecule has 2 aromatic carbocycles. The fourth-order valence-corrected chi connectivity index (χ4v) is 5.09. The molecule has 1 saturated carbocycles. The number of para-hydroxylation sites is 1. The first-order valence-electron chi connectivity index (χ1n) is 12.1. The summed E-state index contributed by atoms with van der Waals surface area (Å²) in [4.78, 5) is 15.5. The molecule has 1 N–H and O–H groups in total. The highest BCUT2D eigenvalue weighted by Gasteiger charge is 2.25. The average molecular weight is 433 g/mol. The van der Waals surface area contributed by atoms with E-state index in [0.29, 0.717) is 0 Å². The van der Waals surface area contributed by atoms with Crippen LogP contribution in [0, 0.1) is 5.92 Å². The van der Waals surface area contributed by atoms with Crippen molar-refractivity contribution in [2.24, 2.45) is 5.92 Å². The van der Waals surface area contributed by atoms with Crippen molar-refractivity contribution in [3.8, 4) is 5.75 Å². The Morgan fingerprint density at radius 2 is 1.81 bits per heavy atom. The van der Waals surface area contributed by atoms with Gasteiger partial charge in [0.15, 0.2) is 0 Å². The van der Waals surface area contributed by atoms with Gasteiger partial charge in [-0.05, 0) is 42.9 Å². The van der Waals surface area contributed by atoms with E-state index in [1.165, 1.54) is 36.0 Å². The van der Waals surface area contributed by atoms with Gasteiger partial charge in [-0.25, -0.2) is 0 Å². The van der Waals surface area contributed by atoms with Gasteiger partial charge >= 0.3 is 0 Å². The number of ether oxygens (including phenoxy) is 1. The maximum absolute atomic E-state index is 13.0. The molecule has 0 bridgehead atoms. The first-order chi connectivity index (χ1) is 15.7. The van der Waals surface area contributed by atoms with Gasteiger partial charge in [0.25, 0.3) is 0 Å². The molecule has 4 rings (SSSR count). The van der Waals surface area contributed by atoms with Gasteiger partial charge in [-0.3, -0.25) is 9.69 Å². The molecule has 0 spiro atoms. The van der Waals surface area contributed by atoms with Crippen LogP contribution >= 0.6 is 0 Å². The summed E-state index contributed by atoms with van der Waals surface area (Å²) in [6.07, 6.45) is 9.91. The Labute approximate surface area is 192 Å². The third kappa shape index (κ3) is 6.01. The lowest BCUT2D eigenvalue weighted by Gasteiger charge is -2.32. The molecular formula is C28H36N2O2. The minimum Gasteiger partial charge on any atom is -0.496 e. The van der Waals surface area contributed by atoms with Crippen molar-refractivity contribution in [2.45, 2.75) is 51.0 Å². The number of amides is 1. The first kappa shape index (κ1) is 22.6. The Balaban J connectivity index is 1.41. The van der Waals surface area contributed by atoms with Crippen molar-refractivity contribution in [1.82, 2.24) is 10.2 Å². The van der Waals surface area contributed by atoms with E-state index in [2.05, 4.69) is 52.7 Å². The zero-order valence-electron chi connectivity index (χ0n) is 19.3. The zero-order chi connectivity index (χ0) is 22.2. The number of rotatable bonds is 8. The van der Waals surface area contributed by atoms with Gasteiger partial charge in [-0.2, -0.15) is 0 Å². The Hall–Kier alpha value is -2.59. The van der Waals surface area contributed by atoms with Crippen LogP contribution < -0.4 is 10.1 Å². The molecule has 2 aromatic rings. The van der Waals surface area contributed by atoms with E-state index >= 15 is 0 Å². The van der Waals surface area contributed by atoms with Crippen LogP contribution in [0.15, 0.2) is 60.7 Å². The van der Waals surface area contributed by atoms with Crippen LogP contribution in [-0.2, 0) is 11.2 Å². The van der Waals surface area contributed by atoms with E-state index in [4.69, 9.17) is 4.74 Å². The van der Waals surface area contributed by atoms with Crippen LogP contribution in [0.1, 0.15) is 49.7 Å². The molecule has 1 aliphatic heterocycles. The minimum atomic E-state index is 0.132. The molecule has 0 radical (unpaired) electrons. The number of carbonyl (C=O) groups is 1. The van der Waals surface area contributed by atoms with Gasteiger partial charge in [-0.15, -0.1) is 0 Å². The molecule has 1 heterocycles. The molecule has 1 atom stereocenters. The summed E-state index contributed by atoms with van der Waals surface area (Å²) in [7, 11) is 1.73. The largest absolute Gasteiger partial charge is 0.496 e. The normalized spacial score (nSPS) is 18.6. The third-order valence-corrected chi connectivity index (χ3v) is 6.87. The van der Waals surface area contributed by atoms with Crippen LogP contribution in [0.5, 0.6) is 5.75 Å². The van der Waals surface area contributed by atoms with Crippen molar-refractivity contribution in [3.05, 3.63) is 71.8 Å². The van der Waals surface area contributed by atoms with E-state index < -0.39 is 0 Å². The van der Waals surface area contributed by atoms with Crippen molar-refractivity contribution in [2.75, 3.05) is 26.7 Å². The maximum atomic E-state index is 13.0. The zero-order valence-corrected chi connectivity index (χ0v) is 19.3. The van der Waals surface area contributed by atoms with Crippen LogP contribution in [0.2, 0.25) is 0 Å². The molecule has 4 heteroatoms. The number of hydrogen-bond acceptors (Lipinski definition) is 3. The van der Waals surface area contributed by atoms with Crippen molar-refractivity contribution < 1.29 is 9.53 Å². The van der Waals surface area contributed by atoms with E-state index in [-0.39, 0.29) is 17.9 Å². The predicted octanol–water partition coefficient (Wildman–Crippen LogP) is 5.09. The lowest BCUT2D eigenvalue weighted by molar-refractivity contribution is -0.126. The Morgan fingerprint density at radius 3 is 2.53 bits per heavy atom. The van der Waals surface area contributed by atoms with Gasteiger partial charge in [-0.1, -0.05) is 73.9 Å². The van der Waals surface area contributed by atoms with Gasteiger partial charge in [0.1, 0.15) is 5.75 Å². The number of methoxy groups -OCH3 is 1. The van der Waals surface area contributed by atoms with Crippen molar-refractivity contribution in [1.29, 1.82) is 0 Å². The summed E-state index contributed by atoms with van der Waals surface area (Å²) in [5.41, 5.74) is 3.83. The Bertz CT molecular complexity index is 903. The number of hydrogen-bond donors (Lipinski definition) is 1. The molecule has 0 unspecified atom stereocenters. The van der Waals surface area contributed by atoms with E-state index in [0.717, 1.165) is 51.1 Å².